The number of sulfone groups is 1. The lowest BCUT2D eigenvalue weighted by atomic mass is 10.2. The zero-order valence-corrected chi connectivity index (χ0v) is 12.4. The van der Waals surface area contributed by atoms with Crippen molar-refractivity contribution in [3.05, 3.63) is 33.8 Å². The van der Waals surface area contributed by atoms with Gasteiger partial charge < -0.3 is 0 Å². The van der Waals surface area contributed by atoms with E-state index in [2.05, 4.69) is 15.9 Å². The van der Waals surface area contributed by atoms with Gasteiger partial charge >= 0.3 is 0 Å². The van der Waals surface area contributed by atoms with Gasteiger partial charge in [-0.05, 0) is 44.9 Å². The van der Waals surface area contributed by atoms with E-state index in [1.807, 2.05) is 25.1 Å². The molecule has 0 saturated carbocycles. The monoisotopic (exact) mass is 304 g/mol. The lowest BCUT2D eigenvalue weighted by molar-refractivity contribution is 0.559. The van der Waals surface area contributed by atoms with Gasteiger partial charge in [0.25, 0.3) is 0 Å². The van der Waals surface area contributed by atoms with E-state index in [9.17, 15) is 8.42 Å². The van der Waals surface area contributed by atoms with E-state index >= 15 is 0 Å². The molecule has 0 aromatic heterocycles. The molecule has 1 aromatic rings. The molecule has 4 heteroatoms. The number of benzene rings is 1. The molecule has 0 aliphatic carbocycles. The molecule has 2 nitrogen and oxygen atoms in total. The van der Waals surface area contributed by atoms with Crippen molar-refractivity contribution in [1.82, 2.24) is 0 Å². The normalized spacial score (nSPS) is 12.8. The van der Waals surface area contributed by atoms with E-state index < -0.39 is 14.6 Å². The molecule has 0 amide bonds. The maximum Gasteiger partial charge on any atom is 0.159 e. The van der Waals surface area contributed by atoms with Crippen LogP contribution < -0.4 is 0 Å². The maximum atomic E-state index is 12.0. The summed E-state index contributed by atoms with van der Waals surface area (Å²) in [6.07, 6.45) is 0. The van der Waals surface area contributed by atoms with Crippen LogP contribution in [-0.2, 0) is 15.6 Å². The summed E-state index contributed by atoms with van der Waals surface area (Å²) in [5.74, 6) is 0.0926. The molecule has 0 unspecified atom stereocenters. The summed E-state index contributed by atoms with van der Waals surface area (Å²) in [5, 5.41) is 0. The van der Waals surface area contributed by atoms with Crippen LogP contribution in [0.25, 0.3) is 0 Å². The second kappa shape index (κ2) is 4.49. The summed E-state index contributed by atoms with van der Waals surface area (Å²) < 4.78 is 24.3. The molecule has 0 fully saturated rings. The van der Waals surface area contributed by atoms with Gasteiger partial charge in [-0.3, -0.25) is 0 Å². The Bertz CT molecular complexity index is 484. The third kappa shape index (κ3) is 3.08. The standard InChI is InChI=1S/C12H17BrO2S/c1-9-5-6-10(7-11(9)13)8-16(14,15)12(2,3)4/h5-7H,8H2,1-4H3. The minimum atomic E-state index is -3.10. The third-order valence-corrected chi connectivity index (χ3v) is 5.96. The number of hydrogen-bond acceptors (Lipinski definition) is 2. The summed E-state index contributed by atoms with van der Waals surface area (Å²) in [6.45, 7) is 7.16. The molecule has 1 rings (SSSR count). The first-order valence-electron chi connectivity index (χ1n) is 5.11. The molecule has 0 N–H and O–H groups in total. The predicted octanol–water partition coefficient (Wildman–Crippen LogP) is 3.47. The topological polar surface area (TPSA) is 34.1 Å². The van der Waals surface area contributed by atoms with E-state index in [-0.39, 0.29) is 5.75 Å². The number of halogens is 1. The summed E-state index contributed by atoms with van der Waals surface area (Å²) in [4.78, 5) is 0. The fourth-order valence-electron chi connectivity index (χ4n) is 1.16. The van der Waals surface area contributed by atoms with Crippen LogP contribution in [0.15, 0.2) is 22.7 Å². The first-order chi connectivity index (χ1) is 7.13. The molecule has 0 aliphatic rings. The van der Waals surface area contributed by atoms with Crippen molar-refractivity contribution in [2.24, 2.45) is 0 Å². The van der Waals surface area contributed by atoms with Gasteiger partial charge in [0.2, 0.25) is 0 Å². The Balaban J connectivity index is 3.03. The second-order valence-electron chi connectivity index (χ2n) is 4.95. The third-order valence-electron chi connectivity index (χ3n) is 2.53. The van der Waals surface area contributed by atoms with E-state index in [1.54, 1.807) is 20.8 Å². The van der Waals surface area contributed by atoms with Gasteiger partial charge in [-0.25, -0.2) is 8.42 Å². The Morgan fingerprint density at radius 1 is 1.25 bits per heavy atom. The Kier molecular flexibility index (Phi) is 3.85. The highest BCUT2D eigenvalue weighted by atomic mass is 79.9. The lowest BCUT2D eigenvalue weighted by Gasteiger charge is -2.19. The number of hydrogen-bond donors (Lipinski definition) is 0. The van der Waals surface area contributed by atoms with Crippen LogP contribution in [0.4, 0.5) is 0 Å². The molecule has 0 aliphatic heterocycles. The summed E-state index contributed by atoms with van der Waals surface area (Å²) in [6, 6.07) is 5.67. The fraction of sp³-hybridized carbons (Fsp3) is 0.500. The van der Waals surface area contributed by atoms with Crippen molar-refractivity contribution in [3.63, 3.8) is 0 Å². The Morgan fingerprint density at radius 2 is 1.81 bits per heavy atom. The average molecular weight is 305 g/mol. The molecule has 90 valence electrons. The van der Waals surface area contributed by atoms with Gasteiger partial charge in [-0.1, -0.05) is 28.1 Å². The van der Waals surface area contributed by atoms with Crippen molar-refractivity contribution in [3.8, 4) is 0 Å². The van der Waals surface area contributed by atoms with Crippen LogP contribution in [0.2, 0.25) is 0 Å². The van der Waals surface area contributed by atoms with Crippen molar-refractivity contribution >= 4 is 25.8 Å². The number of aryl methyl sites for hydroxylation is 1. The van der Waals surface area contributed by atoms with Gasteiger partial charge in [-0.15, -0.1) is 0 Å². The first-order valence-corrected chi connectivity index (χ1v) is 7.55. The minimum absolute atomic E-state index is 0.0926. The summed E-state index contributed by atoms with van der Waals surface area (Å²) in [5.41, 5.74) is 1.93. The molecule has 0 saturated heterocycles. The zero-order valence-electron chi connectivity index (χ0n) is 10.0. The van der Waals surface area contributed by atoms with Crippen LogP contribution in [0.3, 0.4) is 0 Å². The van der Waals surface area contributed by atoms with E-state index in [1.165, 1.54) is 0 Å². The van der Waals surface area contributed by atoms with Crippen LogP contribution >= 0.6 is 15.9 Å². The molecular formula is C12H17BrO2S. The Labute approximate surface area is 106 Å². The highest BCUT2D eigenvalue weighted by Gasteiger charge is 2.28. The maximum absolute atomic E-state index is 12.0. The molecule has 0 atom stereocenters. The largest absolute Gasteiger partial charge is 0.228 e. The van der Waals surface area contributed by atoms with Crippen LogP contribution in [0.5, 0.6) is 0 Å². The van der Waals surface area contributed by atoms with Crippen LogP contribution in [-0.4, -0.2) is 13.2 Å². The van der Waals surface area contributed by atoms with Crippen molar-refractivity contribution in [1.29, 1.82) is 0 Å². The lowest BCUT2D eigenvalue weighted by Crippen LogP contribution is -2.29. The van der Waals surface area contributed by atoms with Gasteiger partial charge in [0.1, 0.15) is 0 Å². The van der Waals surface area contributed by atoms with Crippen molar-refractivity contribution in [2.75, 3.05) is 0 Å². The highest BCUT2D eigenvalue weighted by molar-refractivity contribution is 9.10. The molecular weight excluding hydrogens is 288 g/mol. The zero-order chi connectivity index (χ0) is 12.6. The van der Waals surface area contributed by atoms with Gasteiger partial charge in [0.05, 0.1) is 10.5 Å². The van der Waals surface area contributed by atoms with E-state index in [4.69, 9.17) is 0 Å². The molecule has 0 heterocycles. The number of rotatable bonds is 2. The molecule has 0 radical (unpaired) electrons. The predicted molar refractivity (Wildman–Crippen MR) is 71.3 cm³/mol. The smallest absolute Gasteiger partial charge is 0.159 e. The molecule has 0 bridgehead atoms. The quantitative estimate of drug-likeness (QED) is 0.838. The molecule has 16 heavy (non-hydrogen) atoms. The highest BCUT2D eigenvalue weighted by Crippen LogP contribution is 2.23. The Hall–Kier alpha value is -0.350. The van der Waals surface area contributed by atoms with E-state index in [0.717, 1.165) is 15.6 Å². The van der Waals surface area contributed by atoms with Crippen LogP contribution in [0, 0.1) is 6.92 Å². The average Bonchev–Trinajstić information content (AvgIpc) is 2.09. The van der Waals surface area contributed by atoms with Gasteiger partial charge in [-0.2, -0.15) is 0 Å². The molecule has 1 aromatic carbocycles. The Morgan fingerprint density at radius 3 is 2.25 bits per heavy atom. The van der Waals surface area contributed by atoms with Crippen molar-refractivity contribution < 1.29 is 8.42 Å². The van der Waals surface area contributed by atoms with Crippen LogP contribution in [0.1, 0.15) is 31.9 Å². The summed E-state index contributed by atoms with van der Waals surface area (Å²) >= 11 is 3.41. The minimum Gasteiger partial charge on any atom is -0.228 e. The van der Waals surface area contributed by atoms with Gasteiger partial charge in [0.15, 0.2) is 9.84 Å². The van der Waals surface area contributed by atoms with Crippen molar-refractivity contribution in [2.45, 2.75) is 38.2 Å². The summed E-state index contributed by atoms with van der Waals surface area (Å²) in [7, 11) is -3.10. The SMILES string of the molecule is Cc1ccc(CS(=O)(=O)C(C)(C)C)cc1Br. The first kappa shape index (κ1) is 13.7. The van der Waals surface area contributed by atoms with Gasteiger partial charge in [0, 0.05) is 4.47 Å². The van der Waals surface area contributed by atoms with E-state index in [0.29, 0.717) is 0 Å². The second-order valence-corrected chi connectivity index (χ2v) is 8.55. The molecule has 0 spiro atoms. The fourth-order valence-corrected chi connectivity index (χ4v) is 2.64.